The Bertz CT molecular complexity index is 1900. The number of carbonyl (C=O) groups is 1. The molecule has 0 fully saturated rings. The number of methoxy groups -OCH3 is 2. The highest BCUT2D eigenvalue weighted by Gasteiger charge is 2.26. The van der Waals surface area contributed by atoms with Gasteiger partial charge in [-0.1, -0.05) is 18.2 Å². The lowest BCUT2D eigenvalue weighted by atomic mass is 9.90. The van der Waals surface area contributed by atoms with Gasteiger partial charge in [-0.15, -0.1) is 0 Å². The van der Waals surface area contributed by atoms with Crippen molar-refractivity contribution in [1.29, 1.82) is 0 Å². The van der Waals surface area contributed by atoms with Crippen LogP contribution in [-0.4, -0.2) is 58.3 Å². The van der Waals surface area contributed by atoms with E-state index in [1.54, 1.807) is 44.9 Å². The van der Waals surface area contributed by atoms with Crippen molar-refractivity contribution in [3.8, 4) is 28.6 Å². The standard InChI is InChI=1S/C32H27N5O5/c1-19(38)42-18-23-13-22-14-27(40-2)28(41-3)16-26(22)30(35-23)20-10-12-34-29(15-20)37-32(39)25-9-5-4-8-24(25)31(36-37)21-7-6-11-33-17-21/h4-12,14-17,23H,13,18H2,1-3H3. The van der Waals surface area contributed by atoms with Gasteiger partial charge in [0.15, 0.2) is 17.3 Å². The smallest absolute Gasteiger partial charge is 0.302 e. The zero-order valence-electron chi connectivity index (χ0n) is 23.3. The second kappa shape index (κ2) is 11.2. The van der Waals surface area contributed by atoms with Gasteiger partial charge >= 0.3 is 5.97 Å². The predicted molar refractivity (Wildman–Crippen MR) is 158 cm³/mol. The molecule has 210 valence electrons. The van der Waals surface area contributed by atoms with Gasteiger partial charge in [0, 0.05) is 47.6 Å². The summed E-state index contributed by atoms with van der Waals surface area (Å²) in [5.41, 5.74) is 4.27. The molecule has 0 N–H and O–H groups in total. The Hall–Kier alpha value is -5.38. The highest BCUT2D eigenvalue weighted by molar-refractivity contribution is 6.15. The number of ether oxygens (including phenoxy) is 3. The number of carbonyl (C=O) groups excluding carboxylic acids is 1. The Labute approximate surface area is 241 Å². The summed E-state index contributed by atoms with van der Waals surface area (Å²) in [6, 6.07) is 18.2. The molecule has 0 amide bonds. The Morgan fingerprint density at radius 3 is 2.48 bits per heavy atom. The summed E-state index contributed by atoms with van der Waals surface area (Å²) in [5.74, 6) is 1.11. The summed E-state index contributed by atoms with van der Waals surface area (Å²) in [5, 5.41) is 5.99. The zero-order chi connectivity index (χ0) is 29.2. The molecule has 0 saturated heterocycles. The molecule has 1 unspecified atom stereocenters. The molecule has 0 bridgehead atoms. The van der Waals surface area contributed by atoms with Gasteiger partial charge in [-0.2, -0.15) is 9.78 Å². The summed E-state index contributed by atoms with van der Waals surface area (Å²) in [6.45, 7) is 1.50. The van der Waals surface area contributed by atoms with Gasteiger partial charge in [0.25, 0.3) is 5.56 Å². The number of pyridine rings is 2. The molecule has 10 heteroatoms. The number of aliphatic imine (C=N–C) groups is 1. The summed E-state index contributed by atoms with van der Waals surface area (Å²) in [6.07, 6.45) is 5.57. The van der Waals surface area contributed by atoms with Crippen molar-refractivity contribution in [2.45, 2.75) is 19.4 Å². The highest BCUT2D eigenvalue weighted by atomic mass is 16.5. The highest BCUT2D eigenvalue weighted by Crippen LogP contribution is 2.35. The minimum Gasteiger partial charge on any atom is -0.493 e. The number of fused-ring (bicyclic) bond motifs is 2. The third-order valence-corrected chi connectivity index (χ3v) is 7.09. The van der Waals surface area contributed by atoms with Crippen molar-refractivity contribution in [3.63, 3.8) is 0 Å². The van der Waals surface area contributed by atoms with Crippen molar-refractivity contribution >= 4 is 22.5 Å². The molecule has 4 heterocycles. The van der Waals surface area contributed by atoms with Crippen LogP contribution in [0.5, 0.6) is 11.5 Å². The number of rotatable bonds is 7. The van der Waals surface area contributed by atoms with E-state index in [2.05, 4.69) is 9.97 Å². The summed E-state index contributed by atoms with van der Waals surface area (Å²) < 4.78 is 17.7. The maximum atomic E-state index is 13.7. The van der Waals surface area contributed by atoms with Crippen LogP contribution in [0.25, 0.3) is 27.8 Å². The first kappa shape index (κ1) is 26.8. The molecular formula is C32H27N5O5. The number of esters is 1. The van der Waals surface area contributed by atoms with E-state index < -0.39 is 0 Å². The molecule has 0 radical (unpaired) electrons. The van der Waals surface area contributed by atoms with Crippen LogP contribution in [0, 0.1) is 0 Å². The molecular weight excluding hydrogens is 534 g/mol. The number of hydrogen-bond acceptors (Lipinski definition) is 9. The second-order valence-corrected chi connectivity index (χ2v) is 9.76. The average Bonchev–Trinajstić information content (AvgIpc) is 3.03. The fraction of sp³-hybridized carbons (Fsp3) is 0.188. The fourth-order valence-electron chi connectivity index (χ4n) is 5.14. The van der Waals surface area contributed by atoms with Crippen LogP contribution in [0.2, 0.25) is 0 Å². The first-order chi connectivity index (χ1) is 20.5. The van der Waals surface area contributed by atoms with Crippen LogP contribution in [0.3, 0.4) is 0 Å². The number of benzene rings is 2. The van der Waals surface area contributed by atoms with E-state index >= 15 is 0 Å². The van der Waals surface area contributed by atoms with Crippen LogP contribution in [0.1, 0.15) is 23.6 Å². The third-order valence-electron chi connectivity index (χ3n) is 7.09. The van der Waals surface area contributed by atoms with Crippen molar-refractivity contribution in [2.75, 3.05) is 20.8 Å². The molecule has 0 saturated carbocycles. The molecule has 6 rings (SSSR count). The number of hydrogen-bond donors (Lipinski definition) is 0. The van der Waals surface area contributed by atoms with Crippen LogP contribution >= 0.6 is 0 Å². The van der Waals surface area contributed by atoms with E-state index in [0.717, 1.165) is 22.1 Å². The summed E-state index contributed by atoms with van der Waals surface area (Å²) in [7, 11) is 3.16. The molecule has 10 nitrogen and oxygen atoms in total. The van der Waals surface area contributed by atoms with E-state index in [1.165, 1.54) is 11.6 Å². The van der Waals surface area contributed by atoms with Crippen LogP contribution in [-0.2, 0) is 16.0 Å². The van der Waals surface area contributed by atoms with Crippen molar-refractivity contribution in [3.05, 3.63) is 106 Å². The molecule has 5 aromatic rings. The van der Waals surface area contributed by atoms with Gasteiger partial charge < -0.3 is 14.2 Å². The molecule has 1 atom stereocenters. The van der Waals surface area contributed by atoms with Gasteiger partial charge in [0.1, 0.15) is 12.3 Å². The largest absolute Gasteiger partial charge is 0.493 e. The van der Waals surface area contributed by atoms with Gasteiger partial charge in [-0.25, -0.2) is 4.98 Å². The predicted octanol–water partition coefficient (Wildman–Crippen LogP) is 4.19. The van der Waals surface area contributed by atoms with E-state index in [9.17, 15) is 9.59 Å². The maximum Gasteiger partial charge on any atom is 0.302 e. The molecule has 42 heavy (non-hydrogen) atoms. The molecule has 0 aliphatic carbocycles. The van der Waals surface area contributed by atoms with Gasteiger partial charge in [-0.3, -0.25) is 19.6 Å². The van der Waals surface area contributed by atoms with Gasteiger partial charge in [0.2, 0.25) is 0 Å². The number of nitrogens with zero attached hydrogens (tertiary/aromatic N) is 5. The van der Waals surface area contributed by atoms with Gasteiger partial charge in [-0.05, 0) is 54.4 Å². The van der Waals surface area contributed by atoms with E-state index in [1.807, 2.05) is 48.5 Å². The summed E-state index contributed by atoms with van der Waals surface area (Å²) in [4.78, 5) is 39.0. The normalized spacial score (nSPS) is 14.2. The molecule has 0 spiro atoms. The SMILES string of the molecule is COc1cc2c(cc1OC)C(c1ccnc(-n3nc(-c4cccnc4)c4ccccc4c3=O)c1)=NC(COC(C)=O)C2. The minimum atomic E-state index is -0.373. The maximum absolute atomic E-state index is 13.7. The van der Waals surface area contributed by atoms with Crippen molar-refractivity contribution < 1.29 is 19.0 Å². The fourth-order valence-corrected chi connectivity index (χ4v) is 5.14. The average molecular weight is 562 g/mol. The third kappa shape index (κ3) is 4.98. The monoisotopic (exact) mass is 561 g/mol. The molecule has 1 aliphatic rings. The van der Waals surface area contributed by atoms with Crippen LogP contribution in [0.4, 0.5) is 0 Å². The Morgan fingerprint density at radius 1 is 0.952 bits per heavy atom. The zero-order valence-corrected chi connectivity index (χ0v) is 23.3. The van der Waals surface area contributed by atoms with Crippen LogP contribution in [0.15, 0.2) is 89.0 Å². The van der Waals surface area contributed by atoms with E-state index in [4.69, 9.17) is 24.3 Å². The number of aromatic nitrogens is 4. The lowest BCUT2D eigenvalue weighted by Gasteiger charge is -2.25. The summed E-state index contributed by atoms with van der Waals surface area (Å²) >= 11 is 0. The first-order valence-electron chi connectivity index (χ1n) is 13.3. The lowest BCUT2D eigenvalue weighted by molar-refractivity contribution is -0.141. The molecule has 2 aromatic carbocycles. The molecule has 3 aromatic heterocycles. The minimum absolute atomic E-state index is 0.130. The van der Waals surface area contributed by atoms with Crippen molar-refractivity contribution in [2.24, 2.45) is 4.99 Å². The van der Waals surface area contributed by atoms with Crippen molar-refractivity contribution in [1.82, 2.24) is 19.7 Å². The van der Waals surface area contributed by atoms with E-state index in [0.29, 0.717) is 46.1 Å². The quantitative estimate of drug-likeness (QED) is 0.272. The molecule has 1 aliphatic heterocycles. The van der Waals surface area contributed by atoms with Gasteiger partial charge in [0.05, 0.1) is 31.4 Å². The first-order valence-corrected chi connectivity index (χ1v) is 13.3. The topological polar surface area (TPSA) is 118 Å². The lowest BCUT2D eigenvalue weighted by Crippen LogP contribution is -2.27. The Kier molecular flexibility index (Phi) is 7.18. The van der Waals surface area contributed by atoms with E-state index in [-0.39, 0.29) is 24.2 Å². The second-order valence-electron chi connectivity index (χ2n) is 9.76. The Morgan fingerprint density at radius 2 is 1.74 bits per heavy atom. The van der Waals surface area contributed by atoms with Crippen LogP contribution < -0.4 is 15.0 Å². The Balaban J connectivity index is 1.51.